The molecule has 0 spiro atoms. The first-order valence-corrected chi connectivity index (χ1v) is 6.28. The zero-order chi connectivity index (χ0) is 15.2. The standard InChI is InChI=1S/C12H20N4O4/c1-4-12(5-2,11(13)15-18)14-10(17)9-6-8(7-19-3)20-16-9/h6,18H,4-5,7H2,1-3H3,(H2,13,15)(H,14,17). The first kappa shape index (κ1) is 16.0. The van der Waals surface area contributed by atoms with Gasteiger partial charge in [0.2, 0.25) is 0 Å². The topological polar surface area (TPSA) is 123 Å². The normalized spacial score (nSPS) is 12.4. The number of amides is 1. The molecule has 1 aromatic heterocycles. The highest BCUT2D eigenvalue weighted by Crippen LogP contribution is 2.17. The minimum Gasteiger partial charge on any atom is -0.409 e. The fraction of sp³-hybridized carbons (Fsp3) is 0.583. The smallest absolute Gasteiger partial charge is 0.274 e. The number of hydrogen-bond donors (Lipinski definition) is 3. The van der Waals surface area contributed by atoms with Crippen LogP contribution in [0.1, 0.15) is 42.9 Å². The summed E-state index contributed by atoms with van der Waals surface area (Å²) in [7, 11) is 1.51. The number of carbonyl (C=O) groups is 1. The molecule has 0 aliphatic rings. The third-order valence-corrected chi connectivity index (χ3v) is 3.24. The van der Waals surface area contributed by atoms with E-state index in [0.717, 1.165) is 0 Å². The molecule has 0 aromatic carbocycles. The summed E-state index contributed by atoms with van der Waals surface area (Å²) in [4.78, 5) is 12.1. The Bertz CT molecular complexity index is 480. The maximum atomic E-state index is 12.1. The van der Waals surface area contributed by atoms with Crippen molar-refractivity contribution in [3.05, 3.63) is 17.5 Å². The average Bonchev–Trinajstić information content (AvgIpc) is 2.93. The number of aromatic nitrogens is 1. The second-order valence-electron chi connectivity index (χ2n) is 4.34. The second kappa shape index (κ2) is 6.90. The van der Waals surface area contributed by atoms with Crippen molar-refractivity contribution in [3.63, 3.8) is 0 Å². The molecule has 0 bridgehead atoms. The molecule has 8 heteroatoms. The van der Waals surface area contributed by atoms with Crippen LogP contribution in [-0.2, 0) is 11.3 Å². The summed E-state index contributed by atoms with van der Waals surface area (Å²) in [5.74, 6) is -0.0529. The van der Waals surface area contributed by atoms with Gasteiger partial charge in [-0.15, -0.1) is 0 Å². The molecule has 0 fully saturated rings. The van der Waals surface area contributed by atoms with Gasteiger partial charge in [0.15, 0.2) is 17.3 Å². The van der Waals surface area contributed by atoms with Crippen molar-refractivity contribution in [3.8, 4) is 0 Å². The quantitative estimate of drug-likeness (QED) is 0.295. The summed E-state index contributed by atoms with van der Waals surface area (Å²) in [5.41, 5.74) is 4.88. The third-order valence-electron chi connectivity index (χ3n) is 3.24. The van der Waals surface area contributed by atoms with Gasteiger partial charge in [-0.25, -0.2) is 0 Å². The first-order valence-electron chi connectivity index (χ1n) is 6.28. The van der Waals surface area contributed by atoms with E-state index in [1.165, 1.54) is 13.2 Å². The van der Waals surface area contributed by atoms with Gasteiger partial charge in [0.25, 0.3) is 5.91 Å². The highest BCUT2D eigenvalue weighted by atomic mass is 16.5. The van der Waals surface area contributed by atoms with Crippen LogP contribution in [0, 0.1) is 0 Å². The SMILES string of the molecule is CCC(CC)(NC(=O)c1cc(COC)on1)C(N)=NO. The Balaban J connectivity index is 2.90. The summed E-state index contributed by atoms with van der Waals surface area (Å²) in [5, 5.41) is 18.2. The monoisotopic (exact) mass is 284 g/mol. The first-order chi connectivity index (χ1) is 9.52. The van der Waals surface area contributed by atoms with Crippen LogP contribution in [0.3, 0.4) is 0 Å². The molecule has 1 rings (SSSR count). The molecule has 8 nitrogen and oxygen atoms in total. The van der Waals surface area contributed by atoms with Crippen LogP contribution in [0.5, 0.6) is 0 Å². The molecular weight excluding hydrogens is 264 g/mol. The largest absolute Gasteiger partial charge is 0.409 e. The lowest BCUT2D eigenvalue weighted by Crippen LogP contribution is -2.56. The fourth-order valence-electron chi connectivity index (χ4n) is 1.86. The molecule has 112 valence electrons. The van der Waals surface area contributed by atoms with E-state index in [1.807, 2.05) is 13.8 Å². The average molecular weight is 284 g/mol. The molecule has 1 heterocycles. The van der Waals surface area contributed by atoms with E-state index in [0.29, 0.717) is 18.6 Å². The van der Waals surface area contributed by atoms with Crippen molar-refractivity contribution < 1.29 is 19.3 Å². The maximum absolute atomic E-state index is 12.1. The van der Waals surface area contributed by atoms with Crippen LogP contribution in [0.2, 0.25) is 0 Å². The number of nitrogens with two attached hydrogens (primary N) is 1. The van der Waals surface area contributed by atoms with Crippen LogP contribution < -0.4 is 11.1 Å². The van der Waals surface area contributed by atoms with Crippen molar-refractivity contribution in [1.29, 1.82) is 0 Å². The number of nitrogens with one attached hydrogen (secondary N) is 1. The Morgan fingerprint density at radius 3 is 2.75 bits per heavy atom. The molecular formula is C12H20N4O4. The zero-order valence-corrected chi connectivity index (χ0v) is 11.8. The van der Waals surface area contributed by atoms with Crippen LogP contribution >= 0.6 is 0 Å². The molecule has 0 radical (unpaired) electrons. The molecule has 0 aliphatic carbocycles. The van der Waals surface area contributed by atoms with E-state index in [9.17, 15) is 4.79 Å². The Hall–Kier alpha value is -2.09. The maximum Gasteiger partial charge on any atom is 0.274 e. The summed E-state index contributed by atoms with van der Waals surface area (Å²) in [6.45, 7) is 3.90. The highest BCUT2D eigenvalue weighted by Gasteiger charge is 2.34. The lowest BCUT2D eigenvalue weighted by Gasteiger charge is -2.30. The minimum absolute atomic E-state index is 0.0449. The fourth-order valence-corrected chi connectivity index (χ4v) is 1.86. The van der Waals surface area contributed by atoms with Crippen molar-refractivity contribution in [2.45, 2.75) is 38.8 Å². The van der Waals surface area contributed by atoms with Gasteiger partial charge in [0.05, 0.1) is 0 Å². The second-order valence-corrected chi connectivity index (χ2v) is 4.34. The molecule has 0 saturated carbocycles. The predicted molar refractivity (Wildman–Crippen MR) is 71.4 cm³/mol. The van der Waals surface area contributed by atoms with E-state index >= 15 is 0 Å². The van der Waals surface area contributed by atoms with Crippen molar-refractivity contribution in [2.24, 2.45) is 10.9 Å². The summed E-state index contributed by atoms with van der Waals surface area (Å²) < 4.78 is 9.83. The summed E-state index contributed by atoms with van der Waals surface area (Å²) in [6.07, 6.45) is 0.960. The van der Waals surface area contributed by atoms with Crippen LogP contribution in [0.4, 0.5) is 0 Å². The molecule has 1 amide bonds. The van der Waals surface area contributed by atoms with Gasteiger partial charge in [-0.05, 0) is 12.8 Å². The Labute approximate surface area is 116 Å². The Kier molecular flexibility index (Phi) is 5.51. The molecule has 1 aromatic rings. The van der Waals surface area contributed by atoms with E-state index < -0.39 is 11.4 Å². The van der Waals surface area contributed by atoms with E-state index in [-0.39, 0.29) is 18.1 Å². The number of ether oxygens (including phenoxy) is 1. The van der Waals surface area contributed by atoms with E-state index in [2.05, 4.69) is 15.6 Å². The van der Waals surface area contributed by atoms with Gasteiger partial charge in [0, 0.05) is 13.2 Å². The van der Waals surface area contributed by atoms with Gasteiger partial charge >= 0.3 is 0 Å². The summed E-state index contributed by atoms with van der Waals surface area (Å²) >= 11 is 0. The molecule has 0 atom stereocenters. The van der Waals surface area contributed by atoms with Gasteiger partial charge in [-0.1, -0.05) is 24.2 Å². The number of methoxy groups -OCH3 is 1. The summed E-state index contributed by atoms with van der Waals surface area (Å²) in [6, 6.07) is 1.49. The van der Waals surface area contributed by atoms with Crippen LogP contribution in [0.25, 0.3) is 0 Å². The minimum atomic E-state index is -0.911. The van der Waals surface area contributed by atoms with E-state index in [1.54, 1.807) is 0 Å². The van der Waals surface area contributed by atoms with Crippen LogP contribution in [0.15, 0.2) is 15.7 Å². The lowest BCUT2D eigenvalue weighted by molar-refractivity contribution is 0.0908. The number of rotatable bonds is 7. The third kappa shape index (κ3) is 3.27. The Morgan fingerprint density at radius 2 is 2.25 bits per heavy atom. The van der Waals surface area contributed by atoms with Gasteiger partial charge in [0.1, 0.15) is 12.1 Å². The van der Waals surface area contributed by atoms with Crippen LogP contribution in [-0.4, -0.2) is 34.8 Å². The van der Waals surface area contributed by atoms with Gasteiger partial charge in [-0.3, -0.25) is 4.79 Å². The predicted octanol–water partition coefficient (Wildman–Crippen LogP) is 0.856. The zero-order valence-electron chi connectivity index (χ0n) is 11.8. The number of nitrogens with zero attached hydrogens (tertiary/aromatic N) is 2. The molecule has 4 N–H and O–H groups in total. The van der Waals surface area contributed by atoms with Crippen molar-refractivity contribution >= 4 is 11.7 Å². The van der Waals surface area contributed by atoms with E-state index in [4.69, 9.17) is 20.2 Å². The highest BCUT2D eigenvalue weighted by molar-refractivity contribution is 5.99. The molecule has 0 saturated heterocycles. The van der Waals surface area contributed by atoms with Gasteiger partial charge < -0.3 is 25.5 Å². The van der Waals surface area contributed by atoms with Crippen molar-refractivity contribution in [1.82, 2.24) is 10.5 Å². The number of hydrogen-bond acceptors (Lipinski definition) is 6. The molecule has 0 aliphatic heterocycles. The number of oxime groups is 1. The molecule has 0 unspecified atom stereocenters. The van der Waals surface area contributed by atoms with Gasteiger partial charge in [-0.2, -0.15) is 0 Å². The lowest BCUT2D eigenvalue weighted by atomic mass is 9.91. The number of carbonyl (C=O) groups excluding carboxylic acids is 1. The Morgan fingerprint density at radius 1 is 1.60 bits per heavy atom. The van der Waals surface area contributed by atoms with Crippen molar-refractivity contribution in [2.75, 3.05) is 7.11 Å². The molecule has 20 heavy (non-hydrogen) atoms. The number of amidine groups is 1.